The van der Waals surface area contributed by atoms with Crippen LogP contribution in [-0.4, -0.2) is 18.6 Å². The van der Waals surface area contributed by atoms with Gasteiger partial charge in [-0.3, -0.25) is 9.78 Å². The highest BCUT2D eigenvalue weighted by atomic mass is 19.4. The standard InChI is InChI=1S/C9H8F3NO3/c1-15-8-3-13-6(4-16-5-14)2-7(8)9(10,11)12/h2-3,5H,4H2,1H3. The van der Waals surface area contributed by atoms with E-state index in [0.717, 1.165) is 19.4 Å². The van der Waals surface area contributed by atoms with Crippen LogP contribution in [0.2, 0.25) is 0 Å². The first kappa shape index (κ1) is 12.3. The van der Waals surface area contributed by atoms with Gasteiger partial charge in [-0.2, -0.15) is 13.2 Å². The Balaban J connectivity index is 3.06. The number of carbonyl (C=O) groups is 1. The molecule has 1 aromatic heterocycles. The molecule has 1 rings (SSSR count). The first-order valence-electron chi connectivity index (χ1n) is 4.14. The lowest BCUT2D eigenvalue weighted by Gasteiger charge is -2.12. The van der Waals surface area contributed by atoms with Crippen LogP contribution in [-0.2, 0) is 22.3 Å². The fourth-order valence-corrected chi connectivity index (χ4v) is 1.07. The number of hydrogen-bond acceptors (Lipinski definition) is 4. The summed E-state index contributed by atoms with van der Waals surface area (Å²) in [6, 6.07) is 0.780. The van der Waals surface area contributed by atoms with Crippen molar-refractivity contribution >= 4 is 6.47 Å². The van der Waals surface area contributed by atoms with Crippen LogP contribution in [0.25, 0.3) is 0 Å². The summed E-state index contributed by atoms with van der Waals surface area (Å²) in [5, 5.41) is 0. The number of ether oxygens (including phenoxy) is 2. The molecule has 0 saturated heterocycles. The minimum atomic E-state index is -4.54. The van der Waals surface area contributed by atoms with Gasteiger partial charge in [-0.1, -0.05) is 0 Å². The third kappa shape index (κ3) is 2.85. The van der Waals surface area contributed by atoms with Gasteiger partial charge in [-0.05, 0) is 6.07 Å². The number of rotatable bonds is 4. The third-order valence-corrected chi connectivity index (χ3v) is 1.75. The van der Waals surface area contributed by atoms with Gasteiger partial charge in [-0.15, -0.1) is 0 Å². The zero-order chi connectivity index (χ0) is 12.2. The summed E-state index contributed by atoms with van der Waals surface area (Å²) >= 11 is 0. The summed E-state index contributed by atoms with van der Waals surface area (Å²) in [5.74, 6) is -0.373. The number of nitrogens with zero attached hydrogens (tertiary/aromatic N) is 1. The number of hydrogen-bond donors (Lipinski definition) is 0. The molecular formula is C9H8F3NO3. The molecule has 0 aromatic carbocycles. The van der Waals surface area contributed by atoms with E-state index in [1.165, 1.54) is 0 Å². The molecule has 0 atom stereocenters. The topological polar surface area (TPSA) is 48.4 Å². The minimum Gasteiger partial charge on any atom is -0.495 e. The van der Waals surface area contributed by atoms with Crippen molar-refractivity contribution in [1.29, 1.82) is 0 Å². The maximum absolute atomic E-state index is 12.5. The van der Waals surface area contributed by atoms with E-state index >= 15 is 0 Å². The summed E-state index contributed by atoms with van der Waals surface area (Å²) in [7, 11) is 1.12. The molecule has 0 spiro atoms. The van der Waals surface area contributed by atoms with Crippen LogP contribution in [0.1, 0.15) is 11.3 Å². The summed E-state index contributed by atoms with van der Waals surface area (Å²) in [4.78, 5) is 13.5. The van der Waals surface area contributed by atoms with Gasteiger partial charge in [0.05, 0.1) is 19.0 Å². The highest BCUT2D eigenvalue weighted by molar-refractivity contribution is 5.38. The van der Waals surface area contributed by atoms with Crippen LogP contribution in [0.4, 0.5) is 13.2 Å². The molecule has 0 aliphatic carbocycles. The van der Waals surface area contributed by atoms with E-state index in [1.807, 2.05) is 0 Å². The highest BCUT2D eigenvalue weighted by Crippen LogP contribution is 2.35. The van der Waals surface area contributed by atoms with Crippen molar-refractivity contribution in [3.05, 3.63) is 23.5 Å². The molecule has 4 nitrogen and oxygen atoms in total. The quantitative estimate of drug-likeness (QED) is 0.746. The van der Waals surface area contributed by atoms with Gasteiger partial charge in [0.25, 0.3) is 6.47 Å². The van der Waals surface area contributed by atoms with Gasteiger partial charge in [0.2, 0.25) is 0 Å². The summed E-state index contributed by atoms with van der Waals surface area (Å²) < 4.78 is 46.4. The first-order chi connectivity index (χ1) is 7.49. The molecule has 0 fully saturated rings. The van der Waals surface area contributed by atoms with Crippen molar-refractivity contribution in [2.24, 2.45) is 0 Å². The van der Waals surface area contributed by atoms with Gasteiger partial charge in [-0.25, -0.2) is 0 Å². The molecule has 0 radical (unpaired) electrons. The average molecular weight is 235 g/mol. The fourth-order valence-electron chi connectivity index (χ4n) is 1.07. The van der Waals surface area contributed by atoms with Crippen molar-refractivity contribution in [3.8, 4) is 5.75 Å². The maximum Gasteiger partial charge on any atom is 0.420 e. The zero-order valence-electron chi connectivity index (χ0n) is 8.25. The second-order valence-corrected chi connectivity index (χ2v) is 2.78. The Hall–Kier alpha value is -1.79. The molecule has 0 bridgehead atoms. The molecular weight excluding hydrogens is 227 g/mol. The van der Waals surface area contributed by atoms with E-state index in [-0.39, 0.29) is 24.5 Å². The molecule has 0 amide bonds. The van der Waals surface area contributed by atoms with Crippen LogP contribution < -0.4 is 4.74 Å². The lowest BCUT2D eigenvalue weighted by molar-refractivity contribution is -0.138. The van der Waals surface area contributed by atoms with Crippen LogP contribution in [0, 0.1) is 0 Å². The lowest BCUT2D eigenvalue weighted by Crippen LogP contribution is -2.09. The Morgan fingerprint density at radius 3 is 2.69 bits per heavy atom. The summed E-state index contributed by atoms with van der Waals surface area (Å²) in [5.41, 5.74) is -0.949. The summed E-state index contributed by atoms with van der Waals surface area (Å²) in [6.45, 7) is -0.171. The largest absolute Gasteiger partial charge is 0.495 e. The molecule has 0 unspecified atom stereocenters. The van der Waals surface area contributed by atoms with Crippen LogP contribution in [0.5, 0.6) is 5.75 Å². The second-order valence-electron chi connectivity index (χ2n) is 2.78. The van der Waals surface area contributed by atoms with Gasteiger partial charge in [0, 0.05) is 0 Å². The van der Waals surface area contributed by atoms with Gasteiger partial charge in [0.1, 0.15) is 17.9 Å². The minimum absolute atomic E-state index is 0.000208. The van der Waals surface area contributed by atoms with E-state index < -0.39 is 11.7 Å². The van der Waals surface area contributed by atoms with Crippen molar-refractivity contribution < 1.29 is 27.4 Å². The van der Waals surface area contributed by atoms with Crippen LogP contribution in [0.15, 0.2) is 12.3 Å². The summed E-state index contributed by atoms with van der Waals surface area (Å²) in [6.07, 6.45) is -3.60. The molecule has 0 aliphatic rings. The van der Waals surface area contributed by atoms with E-state index in [0.29, 0.717) is 0 Å². The highest BCUT2D eigenvalue weighted by Gasteiger charge is 2.34. The second kappa shape index (κ2) is 4.82. The SMILES string of the molecule is COc1cnc(COC=O)cc1C(F)(F)F. The Morgan fingerprint density at radius 1 is 1.50 bits per heavy atom. The predicted molar refractivity (Wildman–Crippen MR) is 46.6 cm³/mol. The van der Waals surface area contributed by atoms with Gasteiger partial charge in [0.15, 0.2) is 0 Å². The molecule has 0 aliphatic heterocycles. The van der Waals surface area contributed by atoms with E-state index in [9.17, 15) is 18.0 Å². The molecule has 7 heteroatoms. The maximum atomic E-state index is 12.5. The first-order valence-corrected chi connectivity index (χ1v) is 4.14. The van der Waals surface area contributed by atoms with E-state index in [1.54, 1.807) is 0 Å². The molecule has 88 valence electrons. The Morgan fingerprint density at radius 2 is 2.19 bits per heavy atom. The van der Waals surface area contributed by atoms with Crippen molar-refractivity contribution in [2.45, 2.75) is 12.8 Å². The lowest BCUT2D eigenvalue weighted by atomic mass is 10.2. The Kier molecular flexibility index (Phi) is 3.70. The smallest absolute Gasteiger partial charge is 0.420 e. The van der Waals surface area contributed by atoms with Gasteiger partial charge < -0.3 is 9.47 Å². The molecule has 1 heterocycles. The molecule has 0 saturated carbocycles. The number of carbonyl (C=O) groups excluding carboxylic acids is 1. The van der Waals surface area contributed by atoms with Crippen molar-refractivity contribution in [1.82, 2.24) is 4.98 Å². The van der Waals surface area contributed by atoms with Crippen molar-refractivity contribution in [3.63, 3.8) is 0 Å². The number of methoxy groups -OCH3 is 1. The number of aromatic nitrogens is 1. The number of halogens is 3. The molecule has 1 aromatic rings. The van der Waals surface area contributed by atoms with E-state index in [4.69, 9.17) is 0 Å². The average Bonchev–Trinajstić information content (AvgIpc) is 2.24. The van der Waals surface area contributed by atoms with E-state index in [2.05, 4.69) is 14.5 Å². The van der Waals surface area contributed by atoms with Crippen LogP contribution >= 0.6 is 0 Å². The monoisotopic (exact) mass is 235 g/mol. The Bertz CT molecular complexity index is 379. The normalized spacial score (nSPS) is 11.0. The Labute approximate surface area is 89.0 Å². The van der Waals surface area contributed by atoms with Crippen molar-refractivity contribution in [2.75, 3.05) is 7.11 Å². The van der Waals surface area contributed by atoms with Gasteiger partial charge >= 0.3 is 6.18 Å². The number of pyridine rings is 1. The molecule has 16 heavy (non-hydrogen) atoms. The zero-order valence-corrected chi connectivity index (χ0v) is 8.25. The third-order valence-electron chi connectivity index (χ3n) is 1.75. The molecule has 0 N–H and O–H groups in total. The fraction of sp³-hybridized carbons (Fsp3) is 0.333. The predicted octanol–water partition coefficient (Wildman–Crippen LogP) is 1.78. The number of alkyl halides is 3. The van der Waals surface area contributed by atoms with Crippen LogP contribution in [0.3, 0.4) is 0 Å².